The van der Waals surface area contributed by atoms with Crippen molar-refractivity contribution in [1.29, 1.82) is 0 Å². The highest BCUT2D eigenvalue weighted by atomic mass is 32.2. The van der Waals surface area contributed by atoms with Crippen molar-refractivity contribution in [2.45, 2.75) is 24.7 Å². The summed E-state index contributed by atoms with van der Waals surface area (Å²) in [6.45, 7) is 5.20. The number of nitrogens with one attached hydrogen (secondary N) is 1. The van der Waals surface area contributed by atoms with Crippen LogP contribution in [-0.2, 0) is 10.0 Å². The fourth-order valence-electron chi connectivity index (χ4n) is 2.36. The van der Waals surface area contributed by atoms with E-state index in [4.69, 9.17) is 12.2 Å². The summed E-state index contributed by atoms with van der Waals surface area (Å²) in [5, 5.41) is 3.95. The third-order valence-corrected chi connectivity index (χ3v) is 6.03. The van der Waals surface area contributed by atoms with E-state index in [1.807, 2.05) is 11.0 Å². The maximum absolute atomic E-state index is 12.5. The Morgan fingerprint density at radius 1 is 1.18 bits per heavy atom. The second-order valence-corrected chi connectivity index (χ2v) is 7.61. The van der Waals surface area contributed by atoms with E-state index in [2.05, 4.69) is 12.2 Å². The summed E-state index contributed by atoms with van der Waals surface area (Å²) in [5.74, 6) is 0. The molecule has 0 saturated carbocycles. The van der Waals surface area contributed by atoms with Crippen LogP contribution in [-0.4, -0.2) is 55.5 Å². The molecule has 1 N–H and O–H groups in total. The summed E-state index contributed by atoms with van der Waals surface area (Å²) in [7, 11) is -3.39. The molecule has 0 radical (unpaired) electrons. The molecule has 1 fully saturated rings. The first-order chi connectivity index (χ1) is 10.6. The smallest absolute Gasteiger partial charge is 0.243 e. The summed E-state index contributed by atoms with van der Waals surface area (Å²) in [6.07, 6.45) is 2.21. The van der Waals surface area contributed by atoms with Crippen LogP contribution in [0.1, 0.15) is 19.8 Å². The van der Waals surface area contributed by atoms with Gasteiger partial charge in [0.15, 0.2) is 5.11 Å². The molecule has 1 aromatic carbocycles. The van der Waals surface area contributed by atoms with Gasteiger partial charge in [-0.25, -0.2) is 8.42 Å². The fourth-order valence-corrected chi connectivity index (χ4v) is 4.08. The predicted molar refractivity (Wildman–Crippen MR) is 92.3 cm³/mol. The fraction of sp³-hybridized carbons (Fsp3) is 0.533. The Morgan fingerprint density at radius 3 is 2.41 bits per heavy atom. The molecular formula is C15H23N3O2S2. The first-order valence-electron chi connectivity index (χ1n) is 7.63. The van der Waals surface area contributed by atoms with Gasteiger partial charge in [-0.05, 0) is 30.8 Å². The molecule has 0 aliphatic carbocycles. The molecule has 0 atom stereocenters. The van der Waals surface area contributed by atoms with Crippen LogP contribution in [0.2, 0.25) is 0 Å². The van der Waals surface area contributed by atoms with Crippen LogP contribution in [0.25, 0.3) is 0 Å². The van der Waals surface area contributed by atoms with E-state index in [0.717, 1.165) is 24.5 Å². The normalized spacial score (nSPS) is 16.5. The van der Waals surface area contributed by atoms with Gasteiger partial charge in [-0.15, -0.1) is 0 Å². The van der Waals surface area contributed by atoms with Gasteiger partial charge in [0.25, 0.3) is 0 Å². The SMILES string of the molecule is CCCCNC(=S)N1CCN(S(=O)(=O)c2ccccc2)CC1. The standard InChI is InChI=1S/C15H23N3O2S2/c1-2-3-9-16-15(21)17-10-12-18(13-11-17)22(19,20)14-7-5-4-6-8-14/h4-8H,2-3,9-13H2,1H3,(H,16,21). The monoisotopic (exact) mass is 341 g/mol. The van der Waals surface area contributed by atoms with Crippen LogP contribution in [0.4, 0.5) is 0 Å². The lowest BCUT2D eigenvalue weighted by molar-refractivity contribution is 0.264. The minimum absolute atomic E-state index is 0.354. The lowest BCUT2D eigenvalue weighted by atomic mass is 10.3. The van der Waals surface area contributed by atoms with Gasteiger partial charge >= 0.3 is 0 Å². The maximum Gasteiger partial charge on any atom is 0.243 e. The van der Waals surface area contributed by atoms with E-state index in [1.54, 1.807) is 24.3 Å². The topological polar surface area (TPSA) is 52.6 Å². The van der Waals surface area contributed by atoms with Crippen molar-refractivity contribution >= 4 is 27.4 Å². The van der Waals surface area contributed by atoms with Gasteiger partial charge in [0, 0.05) is 32.7 Å². The molecule has 1 aliphatic heterocycles. The van der Waals surface area contributed by atoms with Crippen LogP contribution in [0.15, 0.2) is 35.2 Å². The number of hydrogen-bond donors (Lipinski definition) is 1. The molecule has 0 unspecified atom stereocenters. The highest BCUT2D eigenvalue weighted by molar-refractivity contribution is 7.89. The van der Waals surface area contributed by atoms with Crippen molar-refractivity contribution in [3.05, 3.63) is 30.3 Å². The minimum atomic E-state index is -3.39. The Hall–Kier alpha value is -1.18. The van der Waals surface area contributed by atoms with Crippen molar-refractivity contribution in [2.75, 3.05) is 32.7 Å². The zero-order chi connectivity index (χ0) is 16.0. The van der Waals surface area contributed by atoms with E-state index in [9.17, 15) is 8.42 Å². The van der Waals surface area contributed by atoms with Crippen molar-refractivity contribution in [3.63, 3.8) is 0 Å². The third-order valence-electron chi connectivity index (χ3n) is 3.71. The highest BCUT2D eigenvalue weighted by Gasteiger charge is 2.28. The van der Waals surface area contributed by atoms with Crippen LogP contribution >= 0.6 is 12.2 Å². The molecule has 1 saturated heterocycles. The Balaban J connectivity index is 1.91. The van der Waals surface area contributed by atoms with Crippen LogP contribution in [0.3, 0.4) is 0 Å². The molecule has 0 spiro atoms. The number of rotatable bonds is 5. The van der Waals surface area contributed by atoms with Crippen LogP contribution < -0.4 is 5.32 Å². The molecular weight excluding hydrogens is 318 g/mol. The summed E-state index contributed by atoms with van der Waals surface area (Å²) < 4.78 is 26.6. The molecule has 7 heteroatoms. The number of sulfonamides is 1. The Labute approximate surface area is 138 Å². The van der Waals surface area contributed by atoms with Gasteiger partial charge in [-0.2, -0.15) is 4.31 Å². The summed E-state index contributed by atoms with van der Waals surface area (Å²) in [6, 6.07) is 8.58. The molecule has 1 aliphatic rings. The van der Waals surface area contributed by atoms with Crippen molar-refractivity contribution in [1.82, 2.24) is 14.5 Å². The van der Waals surface area contributed by atoms with Crippen molar-refractivity contribution < 1.29 is 8.42 Å². The molecule has 0 bridgehead atoms. The largest absolute Gasteiger partial charge is 0.363 e. The molecule has 5 nitrogen and oxygen atoms in total. The van der Waals surface area contributed by atoms with Gasteiger partial charge in [0.1, 0.15) is 0 Å². The van der Waals surface area contributed by atoms with Crippen LogP contribution in [0, 0.1) is 0 Å². The molecule has 1 aromatic rings. The third kappa shape index (κ3) is 4.18. The number of thiocarbonyl (C=S) groups is 1. The first-order valence-corrected chi connectivity index (χ1v) is 9.48. The number of hydrogen-bond acceptors (Lipinski definition) is 3. The van der Waals surface area contributed by atoms with Crippen LogP contribution in [0.5, 0.6) is 0 Å². The first kappa shape index (κ1) is 17.2. The number of unbranched alkanes of at least 4 members (excludes halogenated alkanes) is 1. The van der Waals surface area contributed by atoms with Gasteiger partial charge in [-0.1, -0.05) is 31.5 Å². The second kappa shape index (κ2) is 7.89. The molecule has 122 valence electrons. The second-order valence-electron chi connectivity index (χ2n) is 5.29. The predicted octanol–water partition coefficient (Wildman–Crippen LogP) is 1.67. The Kier molecular flexibility index (Phi) is 6.16. The molecule has 1 heterocycles. The van der Waals surface area contributed by atoms with E-state index in [0.29, 0.717) is 31.1 Å². The number of nitrogens with zero attached hydrogens (tertiary/aromatic N) is 2. The number of benzene rings is 1. The number of piperazine rings is 1. The summed E-state index contributed by atoms with van der Waals surface area (Å²) >= 11 is 5.36. The molecule has 0 amide bonds. The highest BCUT2D eigenvalue weighted by Crippen LogP contribution is 2.17. The quantitative estimate of drug-likeness (QED) is 0.652. The average Bonchev–Trinajstić information content (AvgIpc) is 2.56. The molecule has 0 aromatic heterocycles. The average molecular weight is 342 g/mol. The van der Waals surface area contributed by atoms with Gasteiger partial charge in [-0.3, -0.25) is 0 Å². The molecule has 2 rings (SSSR count). The van der Waals surface area contributed by atoms with Gasteiger partial charge in [0.2, 0.25) is 10.0 Å². The van der Waals surface area contributed by atoms with Crippen molar-refractivity contribution in [3.8, 4) is 0 Å². The van der Waals surface area contributed by atoms with Crippen molar-refractivity contribution in [2.24, 2.45) is 0 Å². The van der Waals surface area contributed by atoms with Gasteiger partial charge in [0.05, 0.1) is 4.90 Å². The van der Waals surface area contributed by atoms with E-state index in [1.165, 1.54) is 4.31 Å². The summed E-state index contributed by atoms with van der Waals surface area (Å²) in [5.41, 5.74) is 0. The van der Waals surface area contributed by atoms with E-state index in [-0.39, 0.29) is 0 Å². The lowest BCUT2D eigenvalue weighted by Gasteiger charge is -2.35. The maximum atomic E-state index is 12.5. The molecule has 22 heavy (non-hydrogen) atoms. The zero-order valence-electron chi connectivity index (χ0n) is 12.9. The Morgan fingerprint density at radius 2 is 1.82 bits per heavy atom. The zero-order valence-corrected chi connectivity index (χ0v) is 14.5. The van der Waals surface area contributed by atoms with E-state index >= 15 is 0 Å². The van der Waals surface area contributed by atoms with E-state index < -0.39 is 10.0 Å². The minimum Gasteiger partial charge on any atom is -0.363 e. The lowest BCUT2D eigenvalue weighted by Crippen LogP contribution is -2.53. The van der Waals surface area contributed by atoms with Gasteiger partial charge < -0.3 is 10.2 Å². The Bertz CT molecular complexity index is 582. The summed E-state index contributed by atoms with van der Waals surface area (Å²) in [4.78, 5) is 2.40.